The van der Waals surface area contributed by atoms with E-state index in [1.165, 1.54) is 31.2 Å². The Morgan fingerprint density at radius 1 is 1.15 bits per heavy atom. The number of benzene rings is 2. The molecule has 1 N–H and O–H groups in total. The maximum Gasteiger partial charge on any atom is 0.248 e. The number of nitrogens with zero attached hydrogens (tertiary/aromatic N) is 1. The molecule has 2 aromatic rings. The van der Waals surface area contributed by atoms with Gasteiger partial charge in [0.1, 0.15) is 11.9 Å². The van der Waals surface area contributed by atoms with E-state index in [-0.39, 0.29) is 17.9 Å². The first-order chi connectivity index (χ1) is 12.6. The number of halogens is 1. The van der Waals surface area contributed by atoms with Gasteiger partial charge in [0.25, 0.3) is 0 Å². The van der Waals surface area contributed by atoms with Crippen LogP contribution in [0.4, 0.5) is 15.8 Å². The van der Waals surface area contributed by atoms with Gasteiger partial charge < -0.3 is 5.32 Å². The third kappa shape index (κ3) is 4.91. The van der Waals surface area contributed by atoms with Crippen LogP contribution in [0.2, 0.25) is 0 Å². The molecule has 0 aromatic heterocycles. The molecule has 0 aliphatic carbocycles. The number of Topliss-reactive ketones (excluding diaryl/α,β-unsaturated/α-hetero) is 1. The Morgan fingerprint density at radius 3 is 2.37 bits per heavy atom. The fourth-order valence-corrected chi connectivity index (χ4v) is 3.92. The lowest BCUT2D eigenvalue weighted by molar-refractivity contribution is -0.117. The molecule has 8 heteroatoms. The van der Waals surface area contributed by atoms with E-state index >= 15 is 0 Å². The third-order valence-electron chi connectivity index (χ3n) is 3.96. The fourth-order valence-electron chi connectivity index (χ4n) is 2.71. The fraction of sp³-hybridized carbons (Fsp3) is 0.263. The van der Waals surface area contributed by atoms with Gasteiger partial charge in [-0.1, -0.05) is 31.2 Å². The van der Waals surface area contributed by atoms with Gasteiger partial charge in [-0.25, -0.2) is 12.8 Å². The monoisotopic (exact) mass is 392 g/mol. The number of sulfonamides is 1. The second-order valence-electron chi connectivity index (χ2n) is 6.06. The number of ketones is 1. The quantitative estimate of drug-likeness (QED) is 0.734. The molecule has 6 nitrogen and oxygen atoms in total. The van der Waals surface area contributed by atoms with Crippen molar-refractivity contribution in [2.24, 2.45) is 0 Å². The molecule has 0 radical (unpaired) electrons. The van der Waals surface area contributed by atoms with Gasteiger partial charge in [0, 0.05) is 11.3 Å². The third-order valence-corrected chi connectivity index (χ3v) is 5.12. The van der Waals surface area contributed by atoms with E-state index < -0.39 is 27.8 Å². The van der Waals surface area contributed by atoms with Crippen molar-refractivity contribution in [2.75, 3.05) is 15.9 Å². The molecule has 0 bridgehead atoms. The summed E-state index contributed by atoms with van der Waals surface area (Å²) < 4.78 is 39.6. The second kappa shape index (κ2) is 8.30. The largest absolute Gasteiger partial charge is 0.324 e. The van der Waals surface area contributed by atoms with E-state index in [2.05, 4.69) is 5.32 Å². The molecule has 144 valence electrons. The molecule has 0 aliphatic heterocycles. The molecule has 1 amide bonds. The molecule has 27 heavy (non-hydrogen) atoms. The van der Waals surface area contributed by atoms with Crippen molar-refractivity contribution in [3.05, 3.63) is 59.9 Å². The molecule has 0 fully saturated rings. The van der Waals surface area contributed by atoms with E-state index in [1.54, 1.807) is 25.1 Å². The summed E-state index contributed by atoms with van der Waals surface area (Å²) in [6, 6.07) is 10.5. The molecule has 2 aromatic carbocycles. The van der Waals surface area contributed by atoms with Crippen LogP contribution in [-0.2, 0) is 14.8 Å². The summed E-state index contributed by atoms with van der Waals surface area (Å²) in [6.45, 7) is 3.04. The number of hydrogen-bond donors (Lipinski definition) is 1. The normalized spacial score (nSPS) is 12.3. The summed E-state index contributed by atoms with van der Waals surface area (Å²) in [5.74, 6) is -1.53. The lowest BCUT2D eigenvalue weighted by Crippen LogP contribution is -2.47. The minimum Gasteiger partial charge on any atom is -0.324 e. The maximum atomic E-state index is 14.2. The number of rotatable bonds is 7. The highest BCUT2D eigenvalue weighted by atomic mass is 32.2. The lowest BCUT2D eigenvalue weighted by Gasteiger charge is -2.30. The molecule has 1 unspecified atom stereocenters. The molecule has 2 rings (SSSR count). The van der Waals surface area contributed by atoms with Crippen LogP contribution in [0, 0.1) is 5.82 Å². The van der Waals surface area contributed by atoms with Crippen LogP contribution in [0.3, 0.4) is 0 Å². The van der Waals surface area contributed by atoms with Crippen LogP contribution in [0.15, 0.2) is 48.5 Å². The van der Waals surface area contributed by atoms with Crippen molar-refractivity contribution in [3.63, 3.8) is 0 Å². The van der Waals surface area contributed by atoms with Gasteiger partial charge in [0.15, 0.2) is 5.78 Å². The summed E-state index contributed by atoms with van der Waals surface area (Å²) in [7, 11) is -3.93. The highest BCUT2D eigenvalue weighted by Gasteiger charge is 2.33. The van der Waals surface area contributed by atoms with E-state index in [9.17, 15) is 22.4 Å². The number of anilines is 2. The molecule has 0 heterocycles. The Hall–Kier alpha value is -2.74. The molecule has 0 saturated carbocycles. The van der Waals surface area contributed by atoms with Crippen molar-refractivity contribution < 1.29 is 22.4 Å². The van der Waals surface area contributed by atoms with Crippen LogP contribution in [0.25, 0.3) is 0 Å². The zero-order valence-electron chi connectivity index (χ0n) is 15.3. The maximum absolute atomic E-state index is 14.2. The van der Waals surface area contributed by atoms with Crippen molar-refractivity contribution in [1.82, 2.24) is 0 Å². The SMILES string of the molecule is CCC(C(=O)Nc1cccc(C(C)=O)c1)N(c1ccccc1F)S(C)(=O)=O. The Morgan fingerprint density at radius 2 is 1.81 bits per heavy atom. The second-order valence-corrected chi connectivity index (χ2v) is 7.92. The summed E-state index contributed by atoms with van der Waals surface area (Å²) in [4.78, 5) is 24.3. The smallest absolute Gasteiger partial charge is 0.248 e. The topological polar surface area (TPSA) is 83.6 Å². The van der Waals surface area contributed by atoms with E-state index in [4.69, 9.17) is 0 Å². The van der Waals surface area contributed by atoms with Gasteiger partial charge in [-0.3, -0.25) is 13.9 Å². The lowest BCUT2D eigenvalue weighted by atomic mass is 10.1. The van der Waals surface area contributed by atoms with Crippen molar-refractivity contribution in [2.45, 2.75) is 26.3 Å². The number of para-hydroxylation sites is 1. The number of carbonyl (C=O) groups excluding carboxylic acids is 2. The molecule has 0 saturated heterocycles. The van der Waals surface area contributed by atoms with Crippen molar-refractivity contribution in [1.29, 1.82) is 0 Å². The average molecular weight is 392 g/mol. The van der Waals surface area contributed by atoms with Crippen LogP contribution >= 0.6 is 0 Å². The highest BCUT2D eigenvalue weighted by Crippen LogP contribution is 2.26. The van der Waals surface area contributed by atoms with Crippen LogP contribution < -0.4 is 9.62 Å². The first-order valence-electron chi connectivity index (χ1n) is 8.31. The zero-order chi connectivity index (χ0) is 20.2. The average Bonchev–Trinajstić information content (AvgIpc) is 2.59. The number of hydrogen-bond acceptors (Lipinski definition) is 4. The van der Waals surface area contributed by atoms with Crippen molar-refractivity contribution >= 4 is 33.1 Å². The van der Waals surface area contributed by atoms with Crippen LogP contribution in [0.1, 0.15) is 30.6 Å². The molecular formula is C19H21FN2O4S. The van der Waals surface area contributed by atoms with Gasteiger partial charge >= 0.3 is 0 Å². The molecule has 1 atom stereocenters. The van der Waals surface area contributed by atoms with Crippen molar-refractivity contribution in [3.8, 4) is 0 Å². The van der Waals surface area contributed by atoms with E-state index in [1.807, 2.05) is 0 Å². The number of nitrogens with one attached hydrogen (secondary N) is 1. The summed E-state index contributed by atoms with van der Waals surface area (Å²) >= 11 is 0. The number of amides is 1. The van der Waals surface area contributed by atoms with Crippen LogP contribution in [-0.4, -0.2) is 32.4 Å². The first kappa shape index (κ1) is 20.6. The molecule has 0 aliphatic rings. The first-order valence-corrected chi connectivity index (χ1v) is 10.2. The molecule has 0 spiro atoms. The summed E-state index contributed by atoms with van der Waals surface area (Å²) in [5.41, 5.74) is 0.572. The van der Waals surface area contributed by atoms with Gasteiger partial charge in [0.2, 0.25) is 15.9 Å². The minimum absolute atomic E-state index is 0.125. The van der Waals surface area contributed by atoms with Gasteiger partial charge in [0.05, 0.1) is 11.9 Å². The van der Waals surface area contributed by atoms with Gasteiger partial charge in [-0.15, -0.1) is 0 Å². The minimum atomic E-state index is -3.93. The van der Waals surface area contributed by atoms with E-state index in [0.717, 1.165) is 16.6 Å². The Balaban J connectivity index is 2.40. The Labute approximate surface area is 158 Å². The number of carbonyl (C=O) groups is 2. The predicted molar refractivity (Wildman–Crippen MR) is 103 cm³/mol. The molecular weight excluding hydrogens is 371 g/mol. The van der Waals surface area contributed by atoms with Gasteiger partial charge in [-0.2, -0.15) is 0 Å². The van der Waals surface area contributed by atoms with Crippen LogP contribution in [0.5, 0.6) is 0 Å². The standard InChI is InChI=1S/C19H21FN2O4S/c1-4-17(19(24)21-15-9-7-8-14(12-15)13(2)23)22(27(3,25)26)18-11-6-5-10-16(18)20/h5-12,17H,4H2,1-3H3,(H,21,24). The van der Waals surface area contributed by atoms with E-state index in [0.29, 0.717) is 11.3 Å². The summed E-state index contributed by atoms with van der Waals surface area (Å²) in [5, 5.41) is 2.61. The summed E-state index contributed by atoms with van der Waals surface area (Å²) in [6.07, 6.45) is 1.05. The predicted octanol–water partition coefficient (Wildman–Crippen LogP) is 3.21. The van der Waals surface area contributed by atoms with Gasteiger partial charge in [-0.05, 0) is 37.6 Å². The highest BCUT2D eigenvalue weighted by molar-refractivity contribution is 7.92. The Bertz CT molecular complexity index is 960. The Kier molecular flexibility index (Phi) is 6.32. The zero-order valence-corrected chi connectivity index (χ0v) is 16.1.